The molecule has 8 heteroatoms. The Morgan fingerprint density at radius 1 is 1.18 bits per heavy atom. The number of pyridine rings is 1. The second-order valence-corrected chi connectivity index (χ2v) is 7.21. The SMILES string of the molecule is O=C(NCc1ccc(F)cc1Cl)C1CCN(c2cnc3nccnc3c2)CC1. The van der Waals surface area contributed by atoms with Crippen molar-refractivity contribution in [3.63, 3.8) is 0 Å². The van der Waals surface area contributed by atoms with E-state index in [1.165, 1.54) is 12.1 Å². The molecule has 1 fully saturated rings. The molecule has 28 heavy (non-hydrogen) atoms. The number of carbonyl (C=O) groups excluding carboxylic acids is 1. The zero-order valence-electron chi connectivity index (χ0n) is 15.1. The summed E-state index contributed by atoms with van der Waals surface area (Å²) in [5, 5.41) is 3.23. The molecule has 2 aromatic heterocycles. The zero-order valence-corrected chi connectivity index (χ0v) is 15.9. The molecule has 0 atom stereocenters. The second-order valence-electron chi connectivity index (χ2n) is 6.81. The quantitative estimate of drug-likeness (QED) is 0.728. The third kappa shape index (κ3) is 4.04. The summed E-state index contributed by atoms with van der Waals surface area (Å²) < 4.78 is 13.1. The van der Waals surface area contributed by atoms with E-state index in [1.54, 1.807) is 24.7 Å². The van der Waals surface area contributed by atoms with Crippen LogP contribution in [0.1, 0.15) is 18.4 Å². The lowest BCUT2D eigenvalue weighted by atomic mass is 9.95. The minimum atomic E-state index is -0.387. The van der Waals surface area contributed by atoms with Crippen LogP contribution in [0.25, 0.3) is 11.2 Å². The first kappa shape index (κ1) is 18.6. The van der Waals surface area contributed by atoms with Crippen molar-refractivity contribution in [1.82, 2.24) is 20.3 Å². The first-order valence-corrected chi connectivity index (χ1v) is 9.51. The Labute approximate surface area is 166 Å². The third-order valence-corrected chi connectivity index (χ3v) is 5.36. The topological polar surface area (TPSA) is 71.0 Å². The molecule has 1 aliphatic rings. The van der Waals surface area contributed by atoms with E-state index < -0.39 is 0 Å². The number of halogens is 2. The van der Waals surface area contributed by atoms with Crippen LogP contribution < -0.4 is 10.2 Å². The molecule has 1 saturated heterocycles. The highest BCUT2D eigenvalue weighted by atomic mass is 35.5. The van der Waals surface area contributed by atoms with Gasteiger partial charge < -0.3 is 10.2 Å². The van der Waals surface area contributed by atoms with Crippen molar-refractivity contribution in [1.29, 1.82) is 0 Å². The van der Waals surface area contributed by atoms with Gasteiger partial charge in [0.05, 0.1) is 11.9 Å². The van der Waals surface area contributed by atoms with Gasteiger partial charge in [-0.25, -0.2) is 14.4 Å². The number of anilines is 1. The third-order valence-electron chi connectivity index (χ3n) is 5.01. The van der Waals surface area contributed by atoms with Crippen molar-refractivity contribution in [2.75, 3.05) is 18.0 Å². The fourth-order valence-electron chi connectivity index (χ4n) is 3.41. The van der Waals surface area contributed by atoms with Crippen molar-refractivity contribution in [2.45, 2.75) is 19.4 Å². The van der Waals surface area contributed by atoms with Crippen molar-refractivity contribution < 1.29 is 9.18 Å². The molecular formula is C20H19ClFN5O. The largest absolute Gasteiger partial charge is 0.370 e. The van der Waals surface area contributed by atoms with Gasteiger partial charge in [-0.3, -0.25) is 9.78 Å². The van der Waals surface area contributed by atoms with Crippen LogP contribution in [-0.2, 0) is 11.3 Å². The highest BCUT2D eigenvalue weighted by Crippen LogP contribution is 2.25. The number of nitrogens with zero attached hydrogens (tertiary/aromatic N) is 4. The first-order valence-electron chi connectivity index (χ1n) is 9.13. The zero-order chi connectivity index (χ0) is 19.5. The molecule has 0 aliphatic carbocycles. The van der Waals surface area contributed by atoms with E-state index in [4.69, 9.17) is 11.6 Å². The van der Waals surface area contributed by atoms with Gasteiger partial charge in [-0.05, 0) is 36.6 Å². The standard InChI is InChI=1S/C20H19ClFN5O/c21-17-9-15(22)2-1-14(17)11-26-20(28)13-3-7-27(8-4-13)16-10-18-19(25-12-16)24-6-5-23-18/h1-2,5-6,9-10,12-13H,3-4,7-8,11H2,(H,26,28). The maximum absolute atomic E-state index is 13.1. The van der Waals surface area contributed by atoms with E-state index in [-0.39, 0.29) is 17.6 Å². The summed E-state index contributed by atoms with van der Waals surface area (Å²) in [6.07, 6.45) is 6.58. The Bertz CT molecular complexity index is 1010. The molecule has 0 spiro atoms. The highest BCUT2D eigenvalue weighted by Gasteiger charge is 2.25. The van der Waals surface area contributed by atoms with E-state index in [9.17, 15) is 9.18 Å². The van der Waals surface area contributed by atoms with Crippen molar-refractivity contribution in [3.05, 3.63) is 59.3 Å². The predicted octanol–water partition coefficient (Wildman–Crippen LogP) is 3.35. The van der Waals surface area contributed by atoms with Gasteiger partial charge in [0, 0.05) is 43.0 Å². The summed E-state index contributed by atoms with van der Waals surface area (Å²) >= 11 is 6.01. The fraction of sp³-hybridized carbons (Fsp3) is 0.300. The number of nitrogens with one attached hydrogen (secondary N) is 1. The molecule has 3 aromatic rings. The van der Waals surface area contributed by atoms with Crippen molar-refractivity contribution in [2.24, 2.45) is 5.92 Å². The Hall–Kier alpha value is -2.80. The van der Waals surface area contributed by atoms with Gasteiger partial charge in [-0.2, -0.15) is 0 Å². The first-order chi connectivity index (χ1) is 13.6. The molecular weight excluding hydrogens is 381 g/mol. The maximum atomic E-state index is 13.1. The fourth-order valence-corrected chi connectivity index (χ4v) is 3.65. The van der Waals surface area contributed by atoms with E-state index in [0.717, 1.165) is 37.1 Å². The summed E-state index contributed by atoms with van der Waals surface area (Å²) in [7, 11) is 0. The number of piperidine rings is 1. The van der Waals surface area contributed by atoms with Crippen LogP contribution in [0, 0.1) is 11.7 Å². The number of hydrogen-bond acceptors (Lipinski definition) is 5. The molecule has 0 unspecified atom stereocenters. The number of rotatable bonds is 4. The number of benzene rings is 1. The number of carbonyl (C=O) groups is 1. The number of aromatic nitrogens is 3. The number of amides is 1. The molecule has 1 N–H and O–H groups in total. The van der Waals surface area contributed by atoms with Crippen molar-refractivity contribution in [3.8, 4) is 0 Å². The molecule has 0 saturated carbocycles. The van der Waals surface area contributed by atoms with Crippen LogP contribution in [0.5, 0.6) is 0 Å². The Morgan fingerprint density at radius 2 is 1.96 bits per heavy atom. The Kier molecular flexibility index (Phi) is 5.34. The average Bonchev–Trinajstić information content (AvgIpc) is 2.72. The minimum Gasteiger partial charge on any atom is -0.370 e. The minimum absolute atomic E-state index is 0.00236. The van der Waals surface area contributed by atoms with E-state index in [2.05, 4.69) is 25.2 Å². The molecule has 0 bridgehead atoms. The van der Waals surface area contributed by atoms with E-state index in [0.29, 0.717) is 22.8 Å². The van der Waals surface area contributed by atoms with Gasteiger partial charge in [-0.1, -0.05) is 17.7 Å². The summed E-state index contributed by atoms with van der Waals surface area (Å²) in [5.74, 6) is -0.437. The molecule has 1 aromatic carbocycles. The van der Waals surface area contributed by atoms with Gasteiger partial charge in [0.25, 0.3) is 0 Å². The van der Waals surface area contributed by atoms with Gasteiger partial charge in [-0.15, -0.1) is 0 Å². The molecule has 144 valence electrons. The summed E-state index contributed by atoms with van der Waals surface area (Å²) in [6.45, 7) is 1.83. The van der Waals surface area contributed by atoms with Gasteiger partial charge in [0.15, 0.2) is 5.65 Å². The van der Waals surface area contributed by atoms with Crippen LogP contribution >= 0.6 is 11.6 Å². The van der Waals surface area contributed by atoms with E-state index >= 15 is 0 Å². The van der Waals surface area contributed by atoms with Gasteiger partial charge in [0.1, 0.15) is 11.3 Å². The van der Waals surface area contributed by atoms with Gasteiger partial charge >= 0.3 is 0 Å². The number of fused-ring (bicyclic) bond motifs is 1. The molecule has 3 heterocycles. The second kappa shape index (κ2) is 8.06. The van der Waals surface area contributed by atoms with Gasteiger partial charge in [0.2, 0.25) is 5.91 Å². The van der Waals surface area contributed by atoms with Crippen LogP contribution in [0.3, 0.4) is 0 Å². The Morgan fingerprint density at radius 3 is 2.75 bits per heavy atom. The predicted molar refractivity (Wildman–Crippen MR) is 106 cm³/mol. The summed E-state index contributed by atoms with van der Waals surface area (Å²) in [6, 6.07) is 6.17. The molecule has 4 rings (SSSR count). The van der Waals surface area contributed by atoms with E-state index in [1.807, 2.05) is 6.07 Å². The summed E-state index contributed by atoms with van der Waals surface area (Å²) in [5.41, 5.74) is 3.08. The maximum Gasteiger partial charge on any atom is 0.223 e. The Balaban J connectivity index is 1.33. The van der Waals surface area contributed by atoms with Crippen LogP contribution in [0.15, 0.2) is 42.9 Å². The summed E-state index contributed by atoms with van der Waals surface area (Å²) in [4.78, 5) is 27.5. The lowest BCUT2D eigenvalue weighted by molar-refractivity contribution is -0.125. The molecule has 1 aliphatic heterocycles. The average molecular weight is 400 g/mol. The molecule has 1 amide bonds. The normalized spacial score (nSPS) is 15.0. The lowest BCUT2D eigenvalue weighted by Crippen LogP contribution is -2.40. The number of hydrogen-bond donors (Lipinski definition) is 1. The lowest BCUT2D eigenvalue weighted by Gasteiger charge is -2.32. The van der Waals surface area contributed by atoms with Crippen LogP contribution in [-0.4, -0.2) is 33.9 Å². The highest BCUT2D eigenvalue weighted by molar-refractivity contribution is 6.31. The van der Waals surface area contributed by atoms with Crippen molar-refractivity contribution >= 4 is 34.4 Å². The van der Waals surface area contributed by atoms with Crippen LogP contribution in [0.2, 0.25) is 5.02 Å². The molecule has 0 radical (unpaired) electrons. The molecule has 6 nitrogen and oxygen atoms in total. The monoisotopic (exact) mass is 399 g/mol. The smallest absolute Gasteiger partial charge is 0.223 e. The van der Waals surface area contributed by atoms with Crippen LogP contribution in [0.4, 0.5) is 10.1 Å².